The summed E-state index contributed by atoms with van der Waals surface area (Å²) < 4.78 is 1.22. The fourth-order valence-electron chi connectivity index (χ4n) is 1.36. The van der Waals surface area contributed by atoms with Gasteiger partial charge in [-0.3, -0.25) is 9.59 Å². The summed E-state index contributed by atoms with van der Waals surface area (Å²) in [5.41, 5.74) is 0.432. The predicted molar refractivity (Wildman–Crippen MR) is 68.1 cm³/mol. The van der Waals surface area contributed by atoms with Crippen molar-refractivity contribution in [3.05, 3.63) is 11.9 Å². The summed E-state index contributed by atoms with van der Waals surface area (Å²) in [4.78, 5) is 22.4. The summed E-state index contributed by atoms with van der Waals surface area (Å²) in [6.07, 6.45) is 1.51. The molecule has 1 rings (SSSR count). The minimum atomic E-state index is -0.984. The number of aromatic nitrogens is 3. The number of nitrogens with one attached hydrogen (secondary N) is 1. The third-order valence-electron chi connectivity index (χ3n) is 3.02. The van der Waals surface area contributed by atoms with Crippen LogP contribution in [-0.4, -0.2) is 32.0 Å². The fourth-order valence-corrected chi connectivity index (χ4v) is 1.36. The standard InChI is InChI=1S/C12H20N4O3/c1-8(12(2,3)4)11(19)13-5-9-6-16(15-14-9)7-10(17)18/h6,8H,5,7H2,1-4H3,(H,13,19)(H,17,18). The lowest BCUT2D eigenvalue weighted by molar-refractivity contribution is -0.138. The van der Waals surface area contributed by atoms with Gasteiger partial charge in [0.2, 0.25) is 5.91 Å². The third kappa shape index (κ3) is 4.69. The molecular weight excluding hydrogens is 248 g/mol. The largest absolute Gasteiger partial charge is 0.480 e. The highest BCUT2D eigenvalue weighted by atomic mass is 16.4. The van der Waals surface area contributed by atoms with Crippen LogP contribution < -0.4 is 5.32 Å². The van der Waals surface area contributed by atoms with E-state index in [1.54, 1.807) is 0 Å². The second-order valence-electron chi connectivity index (χ2n) is 5.61. The number of hydrogen-bond donors (Lipinski definition) is 2. The third-order valence-corrected chi connectivity index (χ3v) is 3.02. The van der Waals surface area contributed by atoms with E-state index in [0.717, 1.165) is 0 Å². The number of carboxylic acid groups (broad SMARTS) is 1. The van der Waals surface area contributed by atoms with Gasteiger partial charge in [-0.15, -0.1) is 5.10 Å². The minimum absolute atomic E-state index is 0.0553. The van der Waals surface area contributed by atoms with E-state index in [-0.39, 0.29) is 30.3 Å². The van der Waals surface area contributed by atoms with Crippen LogP contribution in [0.1, 0.15) is 33.4 Å². The zero-order chi connectivity index (χ0) is 14.6. The van der Waals surface area contributed by atoms with Crippen molar-refractivity contribution in [2.75, 3.05) is 0 Å². The van der Waals surface area contributed by atoms with Gasteiger partial charge in [-0.25, -0.2) is 4.68 Å². The number of carbonyl (C=O) groups excluding carboxylic acids is 1. The van der Waals surface area contributed by atoms with Crippen LogP contribution in [0.15, 0.2) is 6.20 Å². The molecule has 19 heavy (non-hydrogen) atoms. The fraction of sp³-hybridized carbons (Fsp3) is 0.667. The molecule has 7 nitrogen and oxygen atoms in total. The van der Waals surface area contributed by atoms with Gasteiger partial charge < -0.3 is 10.4 Å². The summed E-state index contributed by atoms with van der Waals surface area (Å²) >= 11 is 0. The van der Waals surface area contributed by atoms with E-state index >= 15 is 0 Å². The van der Waals surface area contributed by atoms with E-state index in [2.05, 4.69) is 15.6 Å². The molecule has 1 heterocycles. The molecule has 0 fully saturated rings. The van der Waals surface area contributed by atoms with Crippen LogP contribution in [0, 0.1) is 11.3 Å². The average Bonchev–Trinajstić information content (AvgIpc) is 2.70. The van der Waals surface area contributed by atoms with E-state index < -0.39 is 5.97 Å². The van der Waals surface area contributed by atoms with Crippen LogP contribution in [0.4, 0.5) is 0 Å². The van der Waals surface area contributed by atoms with Crippen molar-refractivity contribution >= 4 is 11.9 Å². The summed E-state index contributed by atoms with van der Waals surface area (Å²) in [5.74, 6) is -1.16. The van der Waals surface area contributed by atoms with Gasteiger partial charge in [-0.2, -0.15) is 0 Å². The zero-order valence-electron chi connectivity index (χ0n) is 11.7. The molecule has 0 bridgehead atoms. The van der Waals surface area contributed by atoms with Crippen LogP contribution in [0.25, 0.3) is 0 Å². The number of hydrogen-bond acceptors (Lipinski definition) is 4. The lowest BCUT2D eigenvalue weighted by Crippen LogP contribution is -2.35. The normalized spacial score (nSPS) is 13.1. The van der Waals surface area contributed by atoms with Crippen LogP contribution in [0.3, 0.4) is 0 Å². The molecule has 1 aromatic heterocycles. The van der Waals surface area contributed by atoms with Crippen molar-refractivity contribution in [2.45, 2.75) is 40.8 Å². The molecule has 1 atom stereocenters. The number of carbonyl (C=O) groups is 2. The smallest absolute Gasteiger partial charge is 0.325 e. The molecule has 0 aliphatic heterocycles. The van der Waals surface area contributed by atoms with Crippen molar-refractivity contribution in [1.29, 1.82) is 0 Å². The topological polar surface area (TPSA) is 97.1 Å². The highest BCUT2D eigenvalue weighted by Crippen LogP contribution is 2.25. The molecule has 0 radical (unpaired) electrons. The second kappa shape index (κ2) is 5.81. The maximum atomic E-state index is 11.9. The van der Waals surface area contributed by atoms with Gasteiger partial charge in [-0.05, 0) is 5.41 Å². The summed E-state index contributed by atoms with van der Waals surface area (Å²) in [6.45, 7) is 7.88. The molecule has 106 valence electrons. The van der Waals surface area contributed by atoms with E-state index in [4.69, 9.17) is 5.11 Å². The zero-order valence-corrected chi connectivity index (χ0v) is 11.7. The number of amides is 1. The van der Waals surface area contributed by atoms with Gasteiger partial charge >= 0.3 is 5.97 Å². The predicted octanol–water partition coefficient (Wildman–Crippen LogP) is 0.661. The van der Waals surface area contributed by atoms with Crippen molar-refractivity contribution < 1.29 is 14.7 Å². The molecule has 0 aliphatic rings. The molecule has 0 saturated carbocycles. The summed E-state index contributed by atoms with van der Waals surface area (Å²) in [5, 5.41) is 18.8. The maximum absolute atomic E-state index is 11.9. The molecule has 0 aliphatic carbocycles. The minimum Gasteiger partial charge on any atom is -0.480 e. The first-order valence-corrected chi connectivity index (χ1v) is 6.08. The van der Waals surface area contributed by atoms with E-state index in [1.165, 1.54) is 10.9 Å². The molecule has 7 heteroatoms. The molecule has 0 saturated heterocycles. The molecule has 0 aromatic carbocycles. The maximum Gasteiger partial charge on any atom is 0.325 e. The lowest BCUT2D eigenvalue weighted by Gasteiger charge is -2.25. The highest BCUT2D eigenvalue weighted by Gasteiger charge is 2.26. The second-order valence-corrected chi connectivity index (χ2v) is 5.61. The van der Waals surface area contributed by atoms with Gasteiger partial charge in [0.25, 0.3) is 0 Å². The van der Waals surface area contributed by atoms with Crippen molar-refractivity contribution in [3.8, 4) is 0 Å². The van der Waals surface area contributed by atoms with E-state index in [1.807, 2.05) is 27.7 Å². The lowest BCUT2D eigenvalue weighted by atomic mass is 9.81. The first-order valence-electron chi connectivity index (χ1n) is 6.08. The quantitative estimate of drug-likeness (QED) is 0.817. The summed E-state index contributed by atoms with van der Waals surface area (Å²) in [6, 6.07) is 0. The average molecular weight is 268 g/mol. The van der Waals surface area contributed by atoms with Gasteiger partial charge in [0.05, 0.1) is 12.7 Å². The molecule has 1 aromatic rings. The SMILES string of the molecule is CC(C(=O)NCc1cn(CC(=O)O)nn1)C(C)(C)C. The van der Waals surface area contributed by atoms with Crippen LogP contribution in [0.5, 0.6) is 0 Å². The molecule has 0 spiro atoms. The van der Waals surface area contributed by atoms with E-state index in [0.29, 0.717) is 5.69 Å². The van der Waals surface area contributed by atoms with Gasteiger partial charge in [-0.1, -0.05) is 32.9 Å². The first-order chi connectivity index (χ1) is 8.70. The van der Waals surface area contributed by atoms with Crippen molar-refractivity contribution in [2.24, 2.45) is 11.3 Å². The van der Waals surface area contributed by atoms with Crippen molar-refractivity contribution in [1.82, 2.24) is 20.3 Å². The van der Waals surface area contributed by atoms with Crippen LogP contribution in [-0.2, 0) is 22.7 Å². The number of carboxylic acids is 1. The Morgan fingerprint density at radius 2 is 2.11 bits per heavy atom. The van der Waals surface area contributed by atoms with Crippen LogP contribution in [0.2, 0.25) is 0 Å². The van der Waals surface area contributed by atoms with Gasteiger partial charge in [0, 0.05) is 5.92 Å². The number of nitrogens with zero attached hydrogens (tertiary/aromatic N) is 3. The summed E-state index contributed by atoms with van der Waals surface area (Å²) in [7, 11) is 0. The Labute approximate surface area is 112 Å². The van der Waals surface area contributed by atoms with Crippen molar-refractivity contribution in [3.63, 3.8) is 0 Å². The molecular formula is C12H20N4O3. The Bertz CT molecular complexity index is 462. The van der Waals surface area contributed by atoms with Gasteiger partial charge in [0.1, 0.15) is 12.2 Å². The molecule has 2 N–H and O–H groups in total. The Morgan fingerprint density at radius 1 is 1.47 bits per heavy atom. The monoisotopic (exact) mass is 268 g/mol. The van der Waals surface area contributed by atoms with E-state index in [9.17, 15) is 9.59 Å². The Balaban J connectivity index is 2.51. The van der Waals surface area contributed by atoms with Gasteiger partial charge in [0.15, 0.2) is 0 Å². The number of rotatable bonds is 5. The first kappa shape index (κ1) is 15.1. The molecule has 1 unspecified atom stereocenters. The highest BCUT2D eigenvalue weighted by molar-refractivity contribution is 5.78. The molecule has 1 amide bonds. The Kier molecular flexibility index (Phi) is 4.63. The number of aliphatic carboxylic acids is 1. The Hall–Kier alpha value is -1.92. The Morgan fingerprint density at radius 3 is 2.63 bits per heavy atom. The van der Waals surface area contributed by atoms with Crippen LogP contribution >= 0.6 is 0 Å².